The first-order chi connectivity index (χ1) is 16.8. The Morgan fingerprint density at radius 3 is 1.73 bits per heavy atom. The molecule has 4 rings (SSSR count). The van der Waals surface area contributed by atoms with E-state index in [0.29, 0.717) is 0 Å². The summed E-state index contributed by atoms with van der Waals surface area (Å²) in [7, 11) is -8.26. The third-order valence-corrected chi connectivity index (χ3v) is 8.91. The monoisotopic (exact) mass is 662 g/mol. The van der Waals surface area contributed by atoms with Gasteiger partial charge in [0.05, 0.1) is 15.2 Å². The summed E-state index contributed by atoms with van der Waals surface area (Å²) in [4.78, 5) is -0.0810. The van der Waals surface area contributed by atoms with Gasteiger partial charge >= 0.3 is 0 Å². The van der Waals surface area contributed by atoms with Gasteiger partial charge in [-0.2, -0.15) is 21.4 Å². The van der Waals surface area contributed by atoms with E-state index in [2.05, 4.69) is 61.8 Å². The molecule has 10 heteroatoms. The van der Waals surface area contributed by atoms with E-state index in [4.69, 9.17) is 9.11 Å². The van der Waals surface area contributed by atoms with Crippen LogP contribution in [0.15, 0.2) is 51.8 Å². The fourth-order valence-corrected chi connectivity index (χ4v) is 5.53. The molecule has 0 spiro atoms. The maximum atomic E-state index is 11.2. The van der Waals surface area contributed by atoms with Crippen molar-refractivity contribution in [2.45, 2.75) is 76.0 Å². The third-order valence-electron chi connectivity index (χ3n) is 7.21. The highest BCUT2D eigenvalue weighted by Crippen LogP contribution is 2.42. The molecule has 0 fully saturated rings. The van der Waals surface area contributed by atoms with Crippen LogP contribution >= 0.6 is 22.6 Å². The molecule has 0 unspecified atom stereocenters. The predicted molar refractivity (Wildman–Crippen MR) is 158 cm³/mol. The van der Waals surface area contributed by atoms with Crippen LogP contribution in [0.25, 0.3) is 6.08 Å². The molecule has 0 amide bonds. The molecule has 2 aliphatic rings. The molecule has 2 aromatic carbocycles. The first-order valence-corrected chi connectivity index (χ1v) is 16.3. The molecular weight excluding hydrogens is 625 g/mol. The smallest absolute Gasteiger partial charge is 0.282 e. The topological polar surface area (TPSA) is 112 Å². The SMILES string of the molecule is CC1=Cc2ccc(S(=O)(=O)O)cc2C1(C)C.CCI.CC[N+]1=C(C)C(C)(C)c2cc(S(=O)(=O)O)ccc21. The van der Waals surface area contributed by atoms with Crippen LogP contribution in [-0.2, 0) is 31.1 Å². The Morgan fingerprint density at radius 1 is 0.811 bits per heavy atom. The lowest BCUT2D eigenvalue weighted by Crippen LogP contribution is -2.26. The Kier molecular flexibility index (Phi) is 9.61. The molecule has 37 heavy (non-hydrogen) atoms. The Balaban J connectivity index is 0.000000237. The lowest BCUT2D eigenvalue weighted by Gasteiger charge is -2.22. The minimum absolute atomic E-state index is 0.0394. The highest BCUT2D eigenvalue weighted by Gasteiger charge is 2.43. The summed E-state index contributed by atoms with van der Waals surface area (Å²) in [5.74, 6) is 0. The van der Waals surface area contributed by atoms with E-state index < -0.39 is 20.2 Å². The summed E-state index contributed by atoms with van der Waals surface area (Å²) >= 11 is 2.29. The van der Waals surface area contributed by atoms with Crippen LogP contribution in [0.1, 0.15) is 72.1 Å². The van der Waals surface area contributed by atoms with Crippen LogP contribution in [0.3, 0.4) is 0 Å². The highest BCUT2D eigenvalue weighted by molar-refractivity contribution is 14.1. The zero-order valence-corrected chi connectivity index (χ0v) is 26.4. The lowest BCUT2D eigenvalue weighted by molar-refractivity contribution is -0.434. The summed E-state index contributed by atoms with van der Waals surface area (Å²) in [5, 5.41) is 0. The molecule has 2 N–H and O–H groups in total. The summed E-state index contributed by atoms with van der Waals surface area (Å²) in [6, 6.07) is 9.50. The van der Waals surface area contributed by atoms with Gasteiger partial charge in [0, 0.05) is 24.0 Å². The molecule has 7 nitrogen and oxygen atoms in total. The number of nitrogens with zero attached hydrogens (tertiary/aromatic N) is 1. The first-order valence-electron chi connectivity index (χ1n) is 11.9. The van der Waals surface area contributed by atoms with Crippen LogP contribution < -0.4 is 0 Å². The van der Waals surface area contributed by atoms with E-state index in [9.17, 15) is 16.8 Å². The van der Waals surface area contributed by atoms with E-state index in [1.165, 1.54) is 27.8 Å². The van der Waals surface area contributed by atoms with Crippen molar-refractivity contribution in [2.75, 3.05) is 11.0 Å². The number of alkyl halides is 1. The number of allylic oxidation sites excluding steroid dienone is 1. The van der Waals surface area contributed by atoms with Gasteiger partial charge in [-0.05, 0) is 67.5 Å². The van der Waals surface area contributed by atoms with E-state index in [0.717, 1.165) is 28.9 Å². The van der Waals surface area contributed by atoms with Gasteiger partial charge in [0.25, 0.3) is 20.2 Å². The van der Waals surface area contributed by atoms with Crippen molar-refractivity contribution in [1.29, 1.82) is 0 Å². The second kappa shape index (κ2) is 11.3. The van der Waals surface area contributed by atoms with Gasteiger partial charge in [-0.1, -0.05) is 61.1 Å². The standard InChI is InChI=1S/C13H17NO3S.C12H14O3S.C2H5I/c1-5-14-9(2)13(3,4)11-8-10(18(15,16)17)6-7-12(11)14;1-8-6-9-4-5-10(16(13,14)15)7-11(9)12(8,2)3;1-2-3/h6-8H,5H2,1-4H3;4-7H,1-3H3,(H,13,14,15);2H2,1H3/p+1. The fourth-order valence-electron chi connectivity index (χ4n) is 4.52. The van der Waals surface area contributed by atoms with Gasteiger partial charge in [-0.25, -0.2) is 0 Å². The zero-order chi connectivity index (χ0) is 28.6. The molecule has 0 saturated heterocycles. The number of hydrogen-bond donors (Lipinski definition) is 2. The average Bonchev–Trinajstić information content (AvgIpc) is 3.13. The first kappa shape index (κ1) is 31.6. The maximum Gasteiger partial charge on any atom is 0.294 e. The normalized spacial score (nSPS) is 17.1. The van der Waals surface area contributed by atoms with Gasteiger partial charge in [0.15, 0.2) is 5.71 Å². The Labute approximate surface area is 235 Å². The van der Waals surface area contributed by atoms with Crippen LogP contribution in [-0.4, -0.2) is 47.2 Å². The average molecular weight is 663 g/mol. The van der Waals surface area contributed by atoms with Gasteiger partial charge in [-0.15, -0.1) is 0 Å². The van der Waals surface area contributed by atoms with Crippen molar-refractivity contribution >= 4 is 60.3 Å². The van der Waals surface area contributed by atoms with Crippen molar-refractivity contribution in [3.63, 3.8) is 0 Å². The molecule has 1 aliphatic heterocycles. The summed E-state index contributed by atoms with van der Waals surface area (Å²) in [5.41, 5.74) is 5.92. The van der Waals surface area contributed by atoms with E-state index in [-0.39, 0.29) is 20.6 Å². The van der Waals surface area contributed by atoms with E-state index in [1.807, 2.05) is 26.8 Å². The minimum atomic E-state index is -4.14. The van der Waals surface area contributed by atoms with Crippen molar-refractivity contribution in [1.82, 2.24) is 0 Å². The molecule has 2 aromatic rings. The van der Waals surface area contributed by atoms with Gasteiger partial charge in [-0.3, -0.25) is 9.11 Å². The van der Waals surface area contributed by atoms with Gasteiger partial charge in [0.1, 0.15) is 6.54 Å². The molecule has 1 heterocycles. The van der Waals surface area contributed by atoms with Crippen molar-refractivity contribution in [3.05, 3.63) is 58.7 Å². The second-order valence-corrected chi connectivity index (χ2v) is 14.4. The number of rotatable bonds is 3. The third kappa shape index (κ3) is 6.52. The second-order valence-electron chi connectivity index (χ2n) is 10.1. The molecular formula is C27H37INO6S2+. The van der Waals surface area contributed by atoms with E-state index in [1.54, 1.807) is 24.3 Å². The van der Waals surface area contributed by atoms with Crippen molar-refractivity contribution in [2.24, 2.45) is 0 Å². The van der Waals surface area contributed by atoms with E-state index >= 15 is 0 Å². The van der Waals surface area contributed by atoms with Gasteiger partial charge < -0.3 is 0 Å². The molecule has 0 aromatic heterocycles. The zero-order valence-electron chi connectivity index (χ0n) is 22.6. The summed E-state index contributed by atoms with van der Waals surface area (Å²) in [6.45, 7) is 17.3. The molecule has 0 atom stereocenters. The van der Waals surface area contributed by atoms with Crippen molar-refractivity contribution in [3.8, 4) is 0 Å². The van der Waals surface area contributed by atoms with Crippen LogP contribution in [0.4, 0.5) is 5.69 Å². The van der Waals surface area contributed by atoms with Gasteiger partial charge in [0.2, 0.25) is 5.69 Å². The molecule has 0 bridgehead atoms. The summed E-state index contributed by atoms with van der Waals surface area (Å²) < 4.78 is 66.1. The molecule has 204 valence electrons. The number of hydrogen-bond acceptors (Lipinski definition) is 4. The number of fused-ring (bicyclic) bond motifs is 2. The quantitative estimate of drug-likeness (QED) is 0.170. The molecule has 0 radical (unpaired) electrons. The number of halogens is 1. The maximum absolute atomic E-state index is 11.2. The Morgan fingerprint density at radius 2 is 1.27 bits per heavy atom. The molecule has 1 aliphatic carbocycles. The number of benzene rings is 2. The van der Waals surface area contributed by atoms with Crippen molar-refractivity contribution < 1.29 is 30.5 Å². The van der Waals surface area contributed by atoms with Crippen LogP contribution in [0.5, 0.6) is 0 Å². The summed E-state index contributed by atoms with van der Waals surface area (Å²) in [6.07, 6.45) is 2.04. The van der Waals surface area contributed by atoms with Crippen LogP contribution in [0.2, 0.25) is 0 Å². The highest BCUT2D eigenvalue weighted by atomic mass is 127. The lowest BCUT2D eigenvalue weighted by atomic mass is 9.82. The van der Waals surface area contributed by atoms with Crippen LogP contribution in [0, 0.1) is 0 Å². The largest absolute Gasteiger partial charge is 0.294 e. The minimum Gasteiger partial charge on any atom is -0.282 e. The molecule has 0 saturated carbocycles. The fraction of sp³-hybridized carbons (Fsp3) is 0.444. The Hall–Kier alpha value is -1.60. The predicted octanol–water partition coefficient (Wildman–Crippen LogP) is 6.42. The Bertz CT molecular complexity index is 1470.